The second-order valence-electron chi connectivity index (χ2n) is 5.44. The van der Waals surface area contributed by atoms with Gasteiger partial charge in [-0.05, 0) is 30.4 Å². The molecule has 4 aromatic rings. The third-order valence-corrected chi connectivity index (χ3v) is 4.36. The van der Waals surface area contributed by atoms with Crippen molar-refractivity contribution in [3.8, 4) is 5.75 Å². The second kappa shape index (κ2) is 5.65. The Morgan fingerprint density at radius 1 is 1.17 bits per heavy atom. The van der Waals surface area contributed by atoms with Gasteiger partial charge in [0.25, 0.3) is 5.56 Å². The van der Waals surface area contributed by atoms with E-state index in [0.717, 1.165) is 10.9 Å². The lowest BCUT2D eigenvalue weighted by molar-refractivity contribution is 0.408. The van der Waals surface area contributed by atoms with Crippen molar-refractivity contribution in [2.75, 3.05) is 7.11 Å². The summed E-state index contributed by atoms with van der Waals surface area (Å²) in [6.45, 7) is 0.311. The quantitative estimate of drug-likeness (QED) is 0.576. The highest BCUT2D eigenvalue weighted by Crippen LogP contribution is 2.25. The number of hydrogen-bond acceptors (Lipinski definition) is 4. The predicted octanol–water partition coefficient (Wildman–Crippen LogP) is 3.86. The number of benzene rings is 2. The van der Waals surface area contributed by atoms with Gasteiger partial charge in [0.05, 0.1) is 13.7 Å². The fraction of sp³-hybridized carbons (Fsp3) is 0.111. The molecule has 6 heteroatoms. The van der Waals surface area contributed by atoms with Crippen LogP contribution in [-0.4, -0.2) is 16.7 Å². The van der Waals surface area contributed by atoms with Gasteiger partial charge in [-0.25, -0.2) is 0 Å². The largest absolute Gasteiger partial charge is 0.496 e. The molecule has 0 amide bonds. The Morgan fingerprint density at radius 3 is 2.75 bits per heavy atom. The number of aromatic nitrogens is 2. The molecule has 24 heavy (non-hydrogen) atoms. The molecular weight excluding hydrogens is 324 g/mol. The minimum absolute atomic E-state index is 0.254. The summed E-state index contributed by atoms with van der Waals surface area (Å²) in [5.41, 5.74) is 2.19. The van der Waals surface area contributed by atoms with Crippen molar-refractivity contribution < 1.29 is 9.15 Å². The molecule has 0 fully saturated rings. The zero-order valence-electron chi connectivity index (χ0n) is 12.9. The molecule has 1 N–H and O–H groups in total. The number of ether oxygens (including phenoxy) is 1. The summed E-state index contributed by atoms with van der Waals surface area (Å²) in [4.78, 5) is 16.0. The number of H-pyrrole nitrogens is 1. The van der Waals surface area contributed by atoms with Crippen LogP contribution in [0.25, 0.3) is 22.1 Å². The van der Waals surface area contributed by atoms with Crippen molar-refractivity contribution in [2.24, 2.45) is 0 Å². The van der Waals surface area contributed by atoms with E-state index in [4.69, 9.17) is 21.4 Å². The van der Waals surface area contributed by atoms with E-state index in [0.29, 0.717) is 28.2 Å². The first kappa shape index (κ1) is 14.7. The number of para-hydroxylation sites is 2. The maximum atomic E-state index is 12.9. The molecule has 0 aliphatic carbocycles. The fourth-order valence-corrected chi connectivity index (χ4v) is 3.11. The van der Waals surface area contributed by atoms with E-state index < -0.39 is 0 Å². The number of rotatable bonds is 3. The number of methoxy groups -OCH3 is 1. The topological polar surface area (TPSA) is 60.2 Å². The number of fused-ring (bicyclic) bond motifs is 3. The second-order valence-corrected chi connectivity index (χ2v) is 5.82. The molecule has 2 aromatic heterocycles. The van der Waals surface area contributed by atoms with Gasteiger partial charge in [0.1, 0.15) is 16.8 Å². The standard InChI is InChI=1S/C18H14N2O3S/c1-22-13-8-4-2-6-11(13)10-20-17(21)16-15(19-18(20)24)12-7-3-5-9-14(12)23-16/h2-9H,10H2,1H3,(H,19,24). The average Bonchev–Trinajstić information content (AvgIpc) is 2.98. The maximum absolute atomic E-state index is 12.9. The molecule has 0 atom stereocenters. The Labute approximate surface area is 142 Å². The van der Waals surface area contributed by atoms with Crippen LogP contribution in [0.3, 0.4) is 0 Å². The van der Waals surface area contributed by atoms with Gasteiger partial charge in [-0.1, -0.05) is 30.3 Å². The number of furan rings is 1. The summed E-state index contributed by atoms with van der Waals surface area (Å²) in [6, 6.07) is 15.0. The van der Waals surface area contributed by atoms with Gasteiger partial charge in [-0.15, -0.1) is 0 Å². The zero-order chi connectivity index (χ0) is 16.7. The lowest BCUT2D eigenvalue weighted by atomic mass is 10.2. The molecule has 0 unspecified atom stereocenters. The van der Waals surface area contributed by atoms with Crippen LogP contribution in [0.15, 0.2) is 57.7 Å². The zero-order valence-corrected chi connectivity index (χ0v) is 13.7. The third kappa shape index (κ3) is 2.23. The summed E-state index contributed by atoms with van der Waals surface area (Å²) >= 11 is 5.40. The minimum Gasteiger partial charge on any atom is -0.496 e. The first-order valence-corrected chi connectivity index (χ1v) is 7.86. The lowest BCUT2D eigenvalue weighted by Gasteiger charge is -2.10. The van der Waals surface area contributed by atoms with Crippen molar-refractivity contribution in [1.29, 1.82) is 0 Å². The van der Waals surface area contributed by atoms with Gasteiger partial charge in [-0.3, -0.25) is 9.36 Å². The van der Waals surface area contributed by atoms with Gasteiger partial charge >= 0.3 is 0 Å². The maximum Gasteiger partial charge on any atom is 0.298 e. The SMILES string of the molecule is COc1ccccc1Cn1c(=S)[nH]c2c(oc3ccccc32)c1=O. The van der Waals surface area contributed by atoms with Crippen molar-refractivity contribution >= 4 is 34.3 Å². The Kier molecular flexibility index (Phi) is 3.46. The van der Waals surface area contributed by atoms with Crippen molar-refractivity contribution in [1.82, 2.24) is 9.55 Å². The smallest absolute Gasteiger partial charge is 0.298 e. The van der Waals surface area contributed by atoms with Crippen molar-refractivity contribution in [3.05, 3.63) is 69.2 Å². The van der Waals surface area contributed by atoms with E-state index in [1.165, 1.54) is 4.57 Å². The predicted molar refractivity (Wildman–Crippen MR) is 95.3 cm³/mol. The lowest BCUT2D eigenvalue weighted by Crippen LogP contribution is -2.22. The number of aromatic amines is 1. The van der Waals surface area contributed by atoms with Crippen molar-refractivity contribution in [3.63, 3.8) is 0 Å². The van der Waals surface area contributed by atoms with Crippen LogP contribution in [0, 0.1) is 4.77 Å². The molecule has 0 saturated heterocycles. The molecule has 0 saturated carbocycles. The minimum atomic E-state index is -0.254. The normalized spacial score (nSPS) is 11.2. The molecule has 0 radical (unpaired) electrons. The fourth-order valence-electron chi connectivity index (χ4n) is 2.86. The van der Waals surface area contributed by atoms with Gasteiger partial charge in [0, 0.05) is 10.9 Å². The van der Waals surface area contributed by atoms with Crippen LogP contribution >= 0.6 is 12.2 Å². The van der Waals surface area contributed by atoms with Gasteiger partial charge < -0.3 is 14.1 Å². The molecule has 4 rings (SSSR count). The summed E-state index contributed by atoms with van der Waals surface area (Å²) in [5.74, 6) is 0.712. The van der Waals surface area contributed by atoms with Gasteiger partial charge in [0.15, 0.2) is 4.77 Å². The van der Waals surface area contributed by atoms with Gasteiger partial charge in [0.2, 0.25) is 5.58 Å². The summed E-state index contributed by atoms with van der Waals surface area (Å²) in [5, 5.41) is 0.847. The van der Waals surface area contributed by atoms with Crippen LogP contribution in [0.5, 0.6) is 5.75 Å². The number of nitrogens with one attached hydrogen (secondary N) is 1. The first-order valence-electron chi connectivity index (χ1n) is 7.45. The van der Waals surface area contributed by atoms with Crippen LogP contribution < -0.4 is 10.3 Å². The molecule has 2 heterocycles. The van der Waals surface area contributed by atoms with Crippen LogP contribution in [0.2, 0.25) is 0 Å². The molecule has 0 aliphatic heterocycles. The molecule has 2 aromatic carbocycles. The summed E-state index contributed by atoms with van der Waals surface area (Å²) < 4.78 is 12.9. The Hall–Kier alpha value is -2.86. The van der Waals surface area contributed by atoms with E-state index in [1.807, 2.05) is 48.5 Å². The first-order chi connectivity index (χ1) is 11.7. The number of nitrogens with zero attached hydrogens (tertiary/aromatic N) is 1. The molecule has 0 spiro atoms. The van der Waals surface area contributed by atoms with Crippen LogP contribution in [-0.2, 0) is 6.54 Å². The molecule has 5 nitrogen and oxygen atoms in total. The Morgan fingerprint density at radius 2 is 1.92 bits per heavy atom. The monoisotopic (exact) mass is 338 g/mol. The molecule has 0 aliphatic rings. The van der Waals surface area contributed by atoms with E-state index in [1.54, 1.807) is 7.11 Å². The average molecular weight is 338 g/mol. The highest BCUT2D eigenvalue weighted by atomic mass is 32.1. The summed E-state index contributed by atoms with van der Waals surface area (Å²) in [7, 11) is 1.60. The molecule has 0 bridgehead atoms. The molecular formula is C18H14N2O3S. The highest BCUT2D eigenvalue weighted by Gasteiger charge is 2.14. The Bertz CT molecular complexity index is 1170. The Balaban J connectivity index is 1.95. The highest BCUT2D eigenvalue weighted by molar-refractivity contribution is 7.71. The molecule has 120 valence electrons. The van der Waals surface area contributed by atoms with E-state index in [9.17, 15) is 4.79 Å². The van der Waals surface area contributed by atoms with Crippen LogP contribution in [0.4, 0.5) is 0 Å². The van der Waals surface area contributed by atoms with E-state index in [-0.39, 0.29) is 11.1 Å². The van der Waals surface area contributed by atoms with E-state index >= 15 is 0 Å². The van der Waals surface area contributed by atoms with Crippen LogP contribution in [0.1, 0.15) is 5.56 Å². The number of hydrogen-bond donors (Lipinski definition) is 1. The van der Waals surface area contributed by atoms with Gasteiger partial charge in [-0.2, -0.15) is 0 Å². The van der Waals surface area contributed by atoms with Crippen molar-refractivity contribution in [2.45, 2.75) is 6.54 Å². The third-order valence-electron chi connectivity index (χ3n) is 4.03. The van der Waals surface area contributed by atoms with E-state index in [2.05, 4.69) is 4.98 Å². The summed E-state index contributed by atoms with van der Waals surface area (Å²) in [6.07, 6.45) is 0.